The van der Waals surface area contributed by atoms with Crippen LogP contribution in [-0.2, 0) is 0 Å². The van der Waals surface area contributed by atoms with E-state index in [1.54, 1.807) is 12.2 Å². The Kier molecular flexibility index (Phi) is 4.96. The first-order valence-corrected chi connectivity index (χ1v) is 2.20. The van der Waals surface area contributed by atoms with Crippen molar-refractivity contribution in [3.63, 3.8) is 0 Å². The summed E-state index contributed by atoms with van der Waals surface area (Å²) in [6.45, 7) is 6.78. The third kappa shape index (κ3) is 4.82. The van der Waals surface area contributed by atoms with Crippen molar-refractivity contribution in [1.29, 1.82) is 0 Å². The maximum Gasteiger partial charge on any atom is 0.0495 e. The van der Waals surface area contributed by atoms with E-state index in [0.717, 1.165) is 0 Å². The van der Waals surface area contributed by atoms with Crippen molar-refractivity contribution in [2.24, 2.45) is 10.2 Å². The number of hydrogen-bond donors (Lipinski definition) is 0. The summed E-state index contributed by atoms with van der Waals surface area (Å²) in [6.07, 6.45) is 6.22. The lowest BCUT2D eigenvalue weighted by Gasteiger charge is -1.67. The molecule has 42 valence electrons. The van der Waals surface area contributed by atoms with E-state index < -0.39 is 0 Å². The molecule has 0 saturated heterocycles. The van der Waals surface area contributed by atoms with Gasteiger partial charge >= 0.3 is 0 Å². The first-order chi connectivity index (χ1) is 3.91. The summed E-state index contributed by atoms with van der Waals surface area (Å²) < 4.78 is 0. The van der Waals surface area contributed by atoms with E-state index >= 15 is 0 Å². The Morgan fingerprint density at radius 3 is 2.38 bits per heavy atom. The van der Waals surface area contributed by atoms with E-state index in [4.69, 9.17) is 0 Å². The van der Waals surface area contributed by atoms with Crippen LogP contribution in [0.1, 0.15) is 0 Å². The van der Waals surface area contributed by atoms with E-state index in [-0.39, 0.29) is 0 Å². The maximum absolute atomic E-state index is 3.53. The van der Waals surface area contributed by atoms with Gasteiger partial charge in [-0.1, -0.05) is 19.2 Å². The van der Waals surface area contributed by atoms with Crippen molar-refractivity contribution >= 4 is 0 Å². The number of allylic oxidation sites excluding steroid dienone is 2. The minimum absolute atomic E-state index is 1.37. The predicted octanol–water partition coefficient (Wildman–Crippen LogP) is 2.28. The molecule has 0 saturated carbocycles. The Balaban J connectivity index is 3.41. The van der Waals surface area contributed by atoms with Crippen LogP contribution in [0.2, 0.25) is 0 Å². The smallest absolute Gasteiger partial charge is 0.0495 e. The first kappa shape index (κ1) is 6.82. The fraction of sp³-hybridized carbons (Fsp3) is 0. The van der Waals surface area contributed by atoms with Crippen LogP contribution in [0, 0.1) is 0 Å². The van der Waals surface area contributed by atoms with E-state index in [0.29, 0.717) is 0 Å². The van der Waals surface area contributed by atoms with Crippen LogP contribution in [0.15, 0.2) is 47.9 Å². The van der Waals surface area contributed by atoms with Crippen molar-refractivity contribution < 1.29 is 0 Å². The van der Waals surface area contributed by atoms with Gasteiger partial charge in [0.2, 0.25) is 0 Å². The molecule has 2 heteroatoms. The lowest BCUT2D eigenvalue weighted by molar-refractivity contribution is 1.23. The Morgan fingerprint density at radius 2 is 1.88 bits per heavy atom. The van der Waals surface area contributed by atoms with Crippen molar-refractivity contribution in [3.8, 4) is 0 Å². The van der Waals surface area contributed by atoms with Gasteiger partial charge in [-0.05, 0) is 6.08 Å². The third-order valence-electron chi connectivity index (χ3n) is 0.437. The Morgan fingerprint density at radius 1 is 1.12 bits per heavy atom. The summed E-state index contributed by atoms with van der Waals surface area (Å²) >= 11 is 0. The highest BCUT2D eigenvalue weighted by Gasteiger charge is 1.55. The molecule has 0 aliphatic carbocycles. The second kappa shape index (κ2) is 5.82. The zero-order chi connectivity index (χ0) is 6.24. The van der Waals surface area contributed by atoms with Crippen LogP contribution in [0.25, 0.3) is 0 Å². The molecule has 0 radical (unpaired) electrons. The summed E-state index contributed by atoms with van der Waals surface area (Å²) in [6, 6.07) is 0. The number of nitrogens with zero attached hydrogens (tertiary/aromatic N) is 2. The quantitative estimate of drug-likeness (QED) is 0.391. The molecule has 0 aromatic rings. The van der Waals surface area contributed by atoms with Crippen molar-refractivity contribution in [2.45, 2.75) is 0 Å². The monoisotopic (exact) mass is 108 g/mol. The summed E-state index contributed by atoms with van der Waals surface area (Å²) in [5.74, 6) is 0. The number of rotatable bonds is 3. The Bertz CT molecular complexity index is 106. The minimum atomic E-state index is 1.37. The summed E-state index contributed by atoms with van der Waals surface area (Å²) in [5, 5.41) is 7.00. The van der Waals surface area contributed by atoms with Crippen molar-refractivity contribution in [2.75, 3.05) is 0 Å². The fourth-order valence-electron chi connectivity index (χ4n) is 0.185. The molecule has 2 nitrogen and oxygen atoms in total. The van der Waals surface area contributed by atoms with E-state index in [2.05, 4.69) is 23.4 Å². The van der Waals surface area contributed by atoms with Gasteiger partial charge in [0.15, 0.2) is 0 Å². The third-order valence-corrected chi connectivity index (χ3v) is 0.437. The average molecular weight is 108 g/mol. The summed E-state index contributed by atoms with van der Waals surface area (Å²) in [4.78, 5) is 0. The second-order valence-corrected chi connectivity index (χ2v) is 0.991. The van der Waals surface area contributed by atoms with Crippen LogP contribution in [0.3, 0.4) is 0 Å². The molecule has 0 unspecified atom stereocenters. The molecule has 0 aliphatic rings. The maximum atomic E-state index is 3.53. The van der Waals surface area contributed by atoms with Gasteiger partial charge in [0.05, 0.1) is 0 Å². The van der Waals surface area contributed by atoms with Gasteiger partial charge in [0, 0.05) is 12.4 Å². The van der Waals surface area contributed by atoms with Crippen LogP contribution < -0.4 is 0 Å². The molecule has 0 aliphatic heterocycles. The van der Waals surface area contributed by atoms with Gasteiger partial charge in [0.1, 0.15) is 0 Å². The molecular weight excluding hydrogens is 100 g/mol. The average Bonchev–Trinajstić information content (AvgIpc) is 1.81. The molecule has 0 spiro atoms. The second-order valence-electron chi connectivity index (χ2n) is 0.991. The summed E-state index contributed by atoms with van der Waals surface area (Å²) in [7, 11) is 0. The molecule has 0 atom stereocenters. The molecule has 0 bridgehead atoms. The molecule has 0 aromatic carbocycles. The molecule has 0 aromatic heterocycles. The van der Waals surface area contributed by atoms with Crippen molar-refractivity contribution in [3.05, 3.63) is 37.7 Å². The van der Waals surface area contributed by atoms with Crippen LogP contribution in [0.5, 0.6) is 0 Å². The van der Waals surface area contributed by atoms with E-state index in [1.807, 2.05) is 0 Å². The van der Waals surface area contributed by atoms with E-state index in [9.17, 15) is 0 Å². The Labute approximate surface area is 48.9 Å². The lowest BCUT2D eigenvalue weighted by Crippen LogP contribution is -1.44. The largest absolute Gasteiger partial charge is 0.160 e. The van der Waals surface area contributed by atoms with Crippen LogP contribution >= 0.6 is 0 Å². The van der Waals surface area contributed by atoms with Crippen LogP contribution in [-0.4, -0.2) is 0 Å². The minimum Gasteiger partial charge on any atom is -0.160 e. The molecule has 0 rings (SSSR count). The van der Waals surface area contributed by atoms with E-state index in [1.165, 1.54) is 12.4 Å². The number of azo groups is 1. The van der Waals surface area contributed by atoms with Gasteiger partial charge in [-0.25, -0.2) is 0 Å². The molecule has 0 fully saturated rings. The van der Waals surface area contributed by atoms with Gasteiger partial charge in [0.25, 0.3) is 0 Å². The summed E-state index contributed by atoms with van der Waals surface area (Å²) in [5.41, 5.74) is 0. The van der Waals surface area contributed by atoms with Gasteiger partial charge < -0.3 is 0 Å². The SMILES string of the molecule is C=C/C=C\N=NC=C. The first-order valence-electron chi connectivity index (χ1n) is 2.20. The zero-order valence-corrected chi connectivity index (χ0v) is 4.62. The standard InChI is InChI=1S/C6H8N2/c1-3-5-6-8-7-4-2/h3-6H,1-2H2/b6-5-,8-7?. The van der Waals surface area contributed by atoms with Crippen LogP contribution in [0.4, 0.5) is 0 Å². The topological polar surface area (TPSA) is 24.7 Å². The zero-order valence-electron chi connectivity index (χ0n) is 4.62. The normalized spacial score (nSPS) is 10.5. The molecule has 0 heterocycles. The molecular formula is C6H8N2. The Hall–Kier alpha value is -1.18. The highest BCUT2D eigenvalue weighted by Crippen LogP contribution is 1.77. The van der Waals surface area contributed by atoms with Gasteiger partial charge in [-0.3, -0.25) is 0 Å². The molecule has 0 amide bonds. The highest BCUT2D eigenvalue weighted by molar-refractivity contribution is 4.95. The highest BCUT2D eigenvalue weighted by atomic mass is 15.1. The molecule has 8 heavy (non-hydrogen) atoms. The number of hydrogen-bond acceptors (Lipinski definition) is 2. The lowest BCUT2D eigenvalue weighted by atomic mass is 10.6. The van der Waals surface area contributed by atoms with Crippen molar-refractivity contribution in [1.82, 2.24) is 0 Å². The molecule has 0 N–H and O–H groups in total. The fourth-order valence-corrected chi connectivity index (χ4v) is 0.185. The van der Waals surface area contributed by atoms with Gasteiger partial charge in [-0.15, -0.1) is 0 Å². The predicted molar refractivity (Wildman–Crippen MR) is 34.4 cm³/mol. The van der Waals surface area contributed by atoms with Gasteiger partial charge in [-0.2, -0.15) is 10.2 Å².